The van der Waals surface area contributed by atoms with Crippen molar-refractivity contribution >= 4 is 34.2 Å². The Morgan fingerprint density at radius 1 is 1.03 bits per heavy atom. The Morgan fingerprint density at radius 2 is 1.74 bits per heavy atom. The summed E-state index contributed by atoms with van der Waals surface area (Å²) in [6, 6.07) is 18.2. The summed E-state index contributed by atoms with van der Waals surface area (Å²) in [5.74, 6) is 0. The molecule has 9 heteroatoms. The fourth-order valence-corrected chi connectivity index (χ4v) is 4.70. The molecule has 5 aromatic rings. The van der Waals surface area contributed by atoms with Crippen LogP contribution in [-0.2, 0) is 13.6 Å². The smallest absolute Gasteiger partial charge is 0.331 e. The first kappa shape index (κ1) is 24.4. The Balaban J connectivity index is 0.00000289. The number of H-pyrrole nitrogens is 1. The molecule has 0 aliphatic rings. The second kappa shape index (κ2) is 10.2. The van der Waals surface area contributed by atoms with Gasteiger partial charge in [-0.25, -0.2) is 4.79 Å². The first-order valence-electron chi connectivity index (χ1n) is 11.3. The van der Waals surface area contributed by atoms with E-state index in [1.54, 1.807) is 4.57 Å². The van der Waals surface area contributed by atoms with Crippen LogP contribution in [0.3, 0.4) is 0 Å². The lowest BCUT2D eigenvalue weighted by Gasteiger charge is -2.07. The molecular formula is C26H27ClN6O2. The Hall–Kier alpha value is -3.77. The summed E-state index contributed by atoms with van der Waals surface area (Å²) in [7, 11) is 1.95. The Morgan fingerprint density at radius 3 is 2.49 bits per heavy atom. The van der Waals surface area contributed by atoms with Gasteiger partial charge in [0.2, 0.25) is 0 Å². The van der Waals surface area contributed by atoms with Crippen LogP contribution >= 0.6 is 12.4 Å². The molecule has 3 aromatic heterocycles. The molecular weight excluding hydrogens is 464 g/mol. The minimum Gasteiger partial charge on any atom is -0.395 e. The number of nitrogens with one attached hydrogen (secondary N) is 2. The molecule has 0 atom stereocenters. The number of aromatic amines is 1. The van der Waals surface area contributed by atoms with Crippen molar-refractivity contribution < 1.29 is 5.11 Å². The van der Waals surface area contributed by atoms with E-state index < -0.39 is 0 Å². The van der Waals surface area contributed by atoms with Crippen LogP contribution in [0, 0.1) is 11.3 Å². The maximum absolute atomic E-state index is 13.2. The SMILES string of the molecule is Cl.Cn1cc(-n2c(-c3cn(CCCNCCO)c4ccccc34)c(C#N)[nH]c2=O)c2ccccc21. The van der Waals surface area contributed by atoms with Crippen molar-refractivity contribution in [3.05, 3.63) is 77.1 Å². The standard InChI is InChI=1S/C26H26N6O2.ClH/c1-30-17-24(19-8-3-4-9-22(19)30)32-25(21(15-27)29-26(32)34)20-16-31(13-6-11-28-12-14-33)23-10-5-2-7-18(20)23;/h2-5,7-10,16-17,28,33H,6,11-14H2,1H3,(H,29,34);1H. The van der Waals surface area contributed by atoms with E-state index in [0.717, 1.165) is 52.6 Å². The molecule has 0 radical (unpaired) electrons. The zero-order chi connectivity index (χ0) is 23.7. The molecule has 0 aliphatic carbocycles. The maximum Gasteiger partial charge on any atom is 0.331 e. The molecule has 35 heavy (non-hydrogen) atoms. The molecule has 0 unspecified atom stereocenters. The van der Waals surface area contributed by atoms with Gasteiger partial charge in [-0.3, -0.25) is 9.55 Å². The number of fused-ring (bicyclic) bond motifs is 2. The van der Waals surface area contributed by atoms with Crippen molar-refractivity contribution in [3.63, 3.8) is 0 Å². The molecule has 0 aliphatic heterocycles. The molecule has 0 spiro atoms. The molecule has 0 amide bonds. The zero-order valence-corrected chi connectivity index (χ0v) is 20.2. The van der Waals surface area contributed by atoms with Gasteiger partial charge in [-0.1, -0.05) is 36.4 Å². The van der Waals surface area contributed by atoms with Gasteiger partial charge in [0, 0.05) is 59.9 Å². The zero-order valence-electron chi connectivity index (χ0n) is 19.4. The van der Waals surface area contributed by atoms with E-state index in [1.165, 1.54) is 0 Å². The Bertz CT molecular complexity index is 1580. The van der Waals surface area contributed by atoms with Gasteiger partial charge in [0.05, 0.1) is 18.0 Å². The predicted molar refractivity (Wildman–Crippen MR) is 140 cm³/mol. The number of rotatable bonds is 8. The summed E-state index contributed by atoms with van der Waals surface area (Å²) >= 11 is 0. The van der Waals surface area contributed by atoms with Gasteiger partial charge in [0.1, 0.15) is 11.8 Å². The largest absolute Gasteiger partial charge is 0.395 e. The summed E-state index contributed by atoms with van der Waals surface area (Å²) in [4.78, 5) is 15.9. The fraction of sp³-hybridized carbons (Fsp3) is 0.231. The third-order valence-corrected chi connectivity index (χ3v) is 6.21. The molecule has 0 saturated heterocycles. The van der Waals surface area contributed by atoms with Gasteiger partial charge in [-0.05, 0) is 25.1 Å². The van der Waals surface area contributed by atoms with E-state index >= 15 is 0 Å². The van der Waals surface area contributed by atoms with Crippen LogP contribution in [0.1, 0.15) is 12.1 Å². The van der Waals surface area contributed by atoms with Crippen LogP contribution < -0.4 is 11.0 Å². The summed E-state index contributed by atoms with van der Waals surface area (Å²) in [5, 5.41) is 24.0. The normalized spacial score (nSPS) is 11.1. The summed E-state index contributed by atoms with van der Waals surface area (Å²) in [6.07, 6.45) is 4.84. The lowest BCUT2D eigenvalue weighted by molar-refractivity contribution is 0.292. The van der Waals surface area contributed by atoms with E-state index in [9.17, 15) is 10.1 Å². The van der Waals surface area contributed by atoms with Crippen LogP contribution in [0.5, 0.6) is 0 Å². The first-order chi connectivity index (χ1) is 16.6. The number of nitriles is 1. The highest BCUT2D eigenvalue weighted by atomic mass is 35.5. The average molecular weight is 491 g/mol. The number of aryl methyl sites for hydroxylation is 2. The van der Waals surface area contributed by atoms with Crippen LogP contribution in [0.25, 0.3) is 38.8 Å². The first-order valence-corrected chi connectivity index (χ1v) is 11.3. The summed E-state index contributed by atoms with van der Waals surface area (Å²) in [6.45, 7) is 2.25. The second-order valence-electron chi connectivity index (χ2n) is 8.32. The van der Waals surface area contributed by atoms with E-state index in [4.69, 9.17) is 5.11 Å². The van der Waals surface area contributed by atoms with Crippen LogP contribution in [0.15, 0.2) is 65.7 Å². The van der Waals surface area contributed by atoms with E-state index in [0.29, 0.717) is 12.2 Å². The monoisotopic (exact) mass is 490 g/mol. The second-order valence-corrected chi connectivity index (χ2v) is 8.32. The number of hydrogen-bond donors (Lipinski definition) is 3. The highest BCUT2D eigenvalue weighted by molar-refractivity contribution is 5.98. The molecule has 5 rings (SSSR count). The molecule has 0 saturated carbocycles. The minimum atomic E-state index is -0.340. The van der Waals surface area contributed by atoms with Gasteiger partial charge in [-0.2, -0.15) is 5.26 Å². The Kier molecular flexibility index (Phi) is 7.12. The van der Waals surface area contributed by atoms with Gasteiger partial charge < -0.3 is 19.6 Å². The van der Waals surface area contributed by atoms with Gasteiger partial charge >= 0.3 is 5.69 Å². The topological polar surface area (TPSA) is 104 Å². The van der Waals surface area contributed by atoms with Crippen molar-refractivity contribution in [1.29, 1.82) is 5.26 Å². The summed E-state index contributed by atoms with van der Waals surface area (Å²) in [5.41, 5.74) is 4.09. The molecule has 0 fully saturated rings. The number of hydrogen-bond acceptors (Lipinski definition) is 4. The average Bonchev–Trinajstić information content (AvgIpc) is 3.50. The number of aliphatic hydroxyl groups is 1. The van der Waals surface area contributed by atoms with Crippen molar-refractivity contribution in [1.82, 2.24) is 24.0 Å². The predicted octanol–water partition coefficient (Wildman–Crippen LogP) is 3.54. The minimum absolute atomic E-state index is 0. The molecule has 180 valence electrons. The van der Waals surface area contributed by atoms with Gasteiger partial charge in [0.15, 0.2) is 0 Å². The molecule has 3 N–H and O–H groups in total. The van der Waals surface area contributed by atoms with Crippen LogP contribution in [0.2, 0.25) is 0 Å². The molecule has 8 nitrogen and oxygen atoms in total. The number of nitrogens with zero attached hydrogens (tertiary/aromatic N) is 4. The maximum atomic E-state index is 13.2. The summed E-state index contributed by atoms with van der Waals surface area (Å²) < 4.78 is 5.77. The Labute approximate surface area is 208 Å². The van der Waals surface area contributed by atoms with Crippen molar-refractivity contribution in [2.45, 2.75) is 13.0 Å². The number of aliphatic hydroxyl groups excluding tert-OH is 1. The highest BCUT2D eigenvalue weighted by Crippen LogP contribution is 2.35. The third-order valence-electron chi connectivity index (χ3n) is 6.21. The van der Waals surface area contributed by atoms with Gasteiger partial charge in [-0.15, -0.1) is 12.4 Å². The van der Waals surface area contributed by atoms with Crippen molar-refractivity contribution in [2.75, 3.05) is 19.7 Å². The quantitative estimate of drug-likeness (QED) is 0.289. The van der Waals surface area contributed by atoms with E-state index in [1.807, 2.05) is 66.5 Å². The third kappa shape index (κ3) is 4.26. The number of halogens is 1. The number of imidazole rings is 1. The van der Waals surface area contributed by atoms with Crippen molar-refractivity contribution in [2.24, 2.45) is 7.05 Å². The molecule has 0 bridgehead atoms. The highest BCUT2D eigenvalue weighted by Gasteiger charge is 2.23. The number of aromatic nitrogens is 4. The van der Waals surface area contributed by atoms with E-state index in [2.05, 4.69) is 27.0 Å². The molecule has 2 aromatic carbocycles. The van der Waals surface area contributed by atoms with E-state index in [-0.39, 0.29) is 30.4 Å². The lowest BCUT2D eigenvalue weighted by atomic mass is 10.1. The molecule has 3 heterocycles. The number of benzene rings is 2. The lowest BCUT2D eigenvalue weighted by Crippen LogP contribution is -2.20. The number of para-hydroxylation sites is 2. The van der Waals surface area contributed by atoms with Crippen molar-refractivity contribution in [3.8, 4) is 23.0 Å². The van der Waals surface area contributed by atoms with Crippen LogP contribution in [-0.4, -0.2) is 43.5 Å². The fourth-order valence-electron chi connectivity index (χ4n) is 4.70. The van der Waals surface area contributed by atoms with Crippen LogP contribution in [0.4, 0.5) is 0 Å². The van der Waals surface area contributed by atoms with Gasteiger partial charge in [0.25, 0.3) is 0 Å².